The van der Waals surface area contributed by atoms with Crippen LogP contribution in [0.2, 0.25) is 0 Å². The molecule has 3 aromatic heterocycles. The van der Waals surface area contributed by atoms with Crippen LogP contribution in [-0.4, -0.2) is 15.0 Å². The van der Waals surface area contributed by atoms with E-state index in [0.717, 1.165) is 71.7 Å². The number of hydrogen-bond acceptors (Lipinski definition) is 5. The van der Waals surface area contributed by atoms with Crippen molar-refractivity contribution in [1.29, 1.82) is 0 Å². The van der Waals surface area contributed by atoms with Crippen molar-refractivity contribution in [2.45, 2.75) is 19.3 Å². The zero-order chi connectivity index (χ0) is 39.2. The molecule has 0 saturated carbocycles. The van der Waals surface area contributed by atoms with E-state index in [4.69, 9.17) is 23.8 Å². The van der Waals surface area contributed by atoms with Crippen LogP contribution in [0.15, 0.2) is 185 Å². The molecule has 8 aromatic carbocycles. The smallest absolute Gasteiger partial charge is 0.164 e. The molecule has 5 nitrogen and oxygen atoms in total. The number of para-hydroxylation sites is 1. The van der Waals surface area contributed by atoms with Crippen LogP contribution in [0, 0.1) is 0 Å². The third kappa shape index (κ3) is 5.21. The average Bonchev–Trinajstić information content (AvgIpc) is 3.94. The van der Waals surface area contributed by atoms with Crippen molar-refractivity contribution in [3.63, 3.8) is 0 Å². The third-order valence-electron chi connectivity index (χ3n) is 12.2. The Morgan fingerprint density at radius 2 is 0.864 bits per heavy atom. The van der Waals surface area contributed by atoms with Crippen LogP contribution in [0.25, 0.3) is 111 Å². The standard InChI is InChI=1S/C54H35N3O2/c1-54(2)43-18-8-6-14-38(43)42-30-35(27-29-44(42)54)51-55-52(57-53(56-51)41-17-11-21-47-50(41)39-15-7-9-19-45(39)58-47)36-26-28-40-48(31-36)59-46-20-10-16-37(49(40)46)34-24-22-33(23-25-34)32-12-4-3-5-13-32/h3-31H,1-2H3. The molecule has 0 atom stereocenters. The summed E-state index contributed by atoms with van der Waals surface area (Å²) >= 11 is 0. The molecule has 12 rings (SSSR count). The van der Waals surface area contributed by atoms with Crippen LogP contribution in [0.3, 0.4) is 0 Å². The number of furan rings is 2. The summed E-state index contributed by atoms with van der Waals surface area (Å²) in [5.41, 5.74) is 15.5. The van der Waals surface area contributed by atoms with Gasteiger partial charge in [-0.15, -0.1) is 0 Å². The van der Waals surface area contributed by atoms with Gasteiger partial charge in [-0.3, -0.25) is 0 Å². The molecule has 0 N–H and O–H groups in total. The van der Waals surface area contributed by atoms with Gasteiger partial charge in [-0.1, -0.05) is 153 Å². The van der Waals surface area contributed by atoms with Gasteiger partial charge in [-0.2, -0.15) is 0 Å². The molecule has 5 heteroatoms. The first-order valence-corrected chi connectivity index (χ1v) is 20.0. The molecule has 0 spiro atoms. The Morgan fingerprint density at radius 1 is 0.339 bits per heavy atom. The van der Waals surface area contributed by atoms with Crippen molar-refractivity contribution < 1.29 is 8.83 Å². The summed E-state index contributed by atoms with van der Waals surface area (Å²) in [6, 6.07) is 61.4. The van der Waals surface area contributed by atoms with Crippen molar-refractivity contribution in [3.8, 4) is 67.5 Å². The van der Waals surface area contributed by atoms with Crippen LogP contribution < -0.4 is 0 Å². The SMILES string of the molecule is CC1(C)c2ccccc2-c2cc(-c3nc(-c4ccc5c(c4)oc4cccc(-c6ccc(-c7ccccc7)cc6)c45)nc(-c4cccc5oc6ccccc6c45)n3)ccc21. The number of fused-ring (bicyclic) bond motifs is 9. The van der Waals surface area contributed by atoms with Crippen LogP contribution in [0.1, 0.15) is 25.0 Å². The second kappa shape index (κ2) is 12.7. The summed E-state index contributed by atoms with van der Waals surface area (Å²) in [5, 5.41) is 4.12. The van der Waals surface area contributed by atoms with Gasteiger partial charge in [0.2, 0.25) is 0 Å². The van der Waals surface area contributed by atoms with E-state index in [1.165, 1.54) is 33.4 Å². The number of benzene rings is 8. The summed E-state index contributed by atoms with van der Waals surface area (Å²) in [4.78, 5) is 15.7. The molecule has 1 aliphatic carbocycles. The fraction of sp³-hybridized carbons (Fsp3) is 0.0556. The van der Waals surface area contributed by atoms with Crippen molar-refractivity contribution in [3.05, 3.63) is 187 Å². The fourth-order valence-electron chi connectivity index (χ4n) is 9.25. The lowest BCUT2D eigenvalue weighted by Gasteiger charge is -2.21. The Labute approximate surface area is 340 Å². The van der Waals surface area contributed by atoms with Crippen molar-refractivity contribution >= 4 is 43.9 Å². The van der Waals surface area contributed by atoms with Crippen LogP contribution in [0.4, 0.5) is 0 Å². The topological polar surface area (TPSA) is 65.0 Å². The number of aromatic nitrogens is 3. The largest absolute Gasteiger partial charge is 0.456 e. The van der Waals surface area contributed by atoms with Crippen molar-refractivity contribution in [1.82, 2.24) is 15.0 Å². The molecule has 0 unspecified atom stereocenters. The molecular weight excluding hydrogens is 723 g/mol. The number of hydrogen-bond donors (Lipinski definition) is 0. The Hall–Kier alpha value is -7.63. The normalized spacial score (nSPS) is 13.1. The van der Waals surface area contributed by atoms with E-state index in [1.807, 2.05) is 42.5 Å². The van der Waals surface area contributed by atoms with Gasteiger partial charge in [0.05, 0.1) is 0 Å². The molecule has 0 saturated heterocycles. The molecule has 0 amide bonds. The van der Waals surface area contributed by atoms with Crippen LogP contribution in [-0.2, 0) is 5.41 Å². The predicted molar refractivity (Wildman–Crippen MR) is 239 cm³/mol. The summed E-state index contributed by atoms with van der Waals surface area (Å²) in [6.07, 6.45) is 0. The highest BCUT2D eigenvalue weighted by Gasteiger charge is 2.35. The lowest BCUT2D eigenvalue weighted by Crippen LogP contribution is -2.14. The fourth-order valence-corrected chi connectivity index (χ4v) is 9.25. The molecule has 59 heavy (non-hydrogen) atoms. The highest BCUT2D eigenvalue weighted by atomic mass is 16.3. The average molecular weight is 758 g/mol. The van der Waals surface area contributed by atoms with Gasteiger partial charge < -0.3 is 8.83 Å². The first-order chi connectivity index (χ1) is 29.0. The van der Waals surface area contributed by atoms with Crippen molar-refractivity contribution in [2.24, 2.45) is 0 Å². The van der Waals surface area contributed by atoms with E-state index >= 15 is 0 Å². The Bertz CT molecular complexity index is 3470. The molecule has 0 bridgehead atoms. The van der Waals surface area contributed by atoms with Gasteiger partial charge >= 0.3 is 0 Å². The van der Waals surface area contributed by atoms with E-state index < -0.39 is 0 Å². The van der Waals surface area contributed by atoms with E-state index in [9.17, 15) is 0 Å². The first kappa shape index (κ1) is 33.5. The zero-order valence-electron chi connectivity index (χ0n) is 32.4. The van der Waals surface area contributed by atoms with Gasteiger partial charge in [0.25, 0.3) is 0 Å². The van der Waals surface area contributed by atoms with E-state index in [1.54, 1.807) is 0 Å². The molecular formula is C54H35N3O2. The Kier molecular flexibility index (Phi) is 7.20. The Morgan fingerprint density at radius 3 is 1.68 bits per heavy atom. The van der Waals surface area contributed by atoms with Crippen LogP contribution >= 0.6 is 0 Å². The molecule has 0 aliphatic heterocycles. The van der Waals surface area contributed by atoms with E-state index in [2.05, 4.69) is 147 Å². The monoisotopic (exact) mass is 757 g/mol. The lowest BCUT2D eigenvalue weighted by atomic mass is 9.82. The predicted octanol–water partition coefficient (Wildman–Crippen LogP) is 14.3. The number of nitrogens with zero attached hydrogens (tertiary/aromatic N) is 3. The highest BCUT2D eigenvalue weighted by molar-refractivity contribution is 6.13. The molecule has 11 aromatic rings. The van der Waals surface area contributed by atoms with E-state index in [-0.39, 0.29) is 5.41 Å². The third-order valence-corrected chi connectivity index (χ3v) is 12.2. The summed E-state index contributed by atoms with van der Waals surface area (Å²) in [6.45, 7) is 4.59. The maximum Gasteiger partial charge on any atom is 0.164 e. The maximum absolute atomic E-state index is 6.61. The highest BCUT2D eigenvalue weighted by Crippen LogP contribution is 2.49. The molecule has 278 valence electrons. The molecule has 3 heterocycles. The minimum absolute atomic E-state index is 0.106. The second-order valence-electron chi connectivity index (χ2n) is 15.9. The summed E-state index contributed by atoms with van der Waals surface area (Å²) < 4.78 is 12.9. The van der Waals surface area contributed by atoms with Gasteiger partial charge in [0, 0.05) is 43.7 Å². The van der Waals surface area contributed by atoms with Crippen LogP contribution in [0.5, 0.6) is 0 Å². The zero-order valence-corrected chi connectivity index (χ0v) is 32.4. The minimum Gasteiger partial charge on any atom is -0.456 e. The van der Waals surface area contributed by atoms with Gasteiger partial charge in [-0.25, -0.2) is 15.0 Å². The van der Waals surface area contributed by atoms with Gasteiger partial charge in [0.1, 0.15) is 22.3 Å². The Balaban J connectivity index is 1.03. The quantitative estimate of drug-likeness (QED) is 0.175. The minimum atomic E-state index is -0.106. The van der Waals surface area contributed by atoms with E-state index in [0.29, 0.717) is 17.5 Å². The number of rotatable bonds is 5. The lowest BCUT2D eigenvalue weighted by molar-refractivity contribution is 0.660. The first-order valence-electron chi connectivity index (χ1n) is 20.0. The second-order valence-corrected chi connectivity index (χ2v) is 15.9. The molecule has 1 aliphatic rings. The van der Waals surface area contributed by atoms with Crippen molar-refractivity contribution in [2.75, 3.05) is 0 Å². The molecule has 0 radical (unpaired) electrons. The van der Waals surface area contributed by atoms with Gasteiger partial charge in [-0.05, 0) is 80.9 Å². The summed E-state index contributed by atoms with van der Waals surface area (Å²) in [5.74, 6) is 1.75. The maximum atomic E-state index is 6.61. The molecule has 0 fully saturated rings. The summed E-state index contributed by atoms with van der Waals surface area (Å²) in [7, 11) is 0. The van der Waals surface area contributed by atoms with Gasteiger partial charge in [0.15, 0.2) is 17.5 Å².